The van der Waals surface area contributed by atoms with Crippen molar-refractivity contribution in [2.24, 2.45) is 0 Å². The van der Waals surface area contributed by atoms with Crippen molar-refractivity contribution in [2.45, 2.75) is 18.9 Å². The molecule has 1 fully saturated rings. The molecule has 4 nitrogen and oxygen atoms in total. The second-order valence-corrected chi connectivity index (χ2v) is 3.86. The summed E-state index contributed by atoms with van der Waals surface area (Å²) in [6.45, 7) is 0.0979. The van der Waals surface area contributed by atoms with Gasteiger partial charge in [0.15, 0.2) is 0 Å². The summed E-state index contributed by atoms with van der Waals surface area (Å²) in [5.74, 6) is -0.201. The Morgan fingerprint density at radius 3 is 2.69 bits per heavy atom. The first-order chi connectivity index (χ1) is 7.75. The number of hydrogen-bond acceptors (Lipinski definition) is 2. The minimum Gasteiger partial charge on any atom is -0.345 e. The molecule has 0 radical (unpaired) electrons. The van der Waals surface area contributed by atoms with E-state index >= 15 is 0 Å². The molecule has 16 heavy (non-hydrogen) atoms. The van der Waals surface area contributed by atoms with Gasteiger partial charge in [-0.25, -0.2) is 0 Å². The van der Waals surface area contributed by atoms with Crippen LogP contribution in [0.4, 0.5) is 0 Å². The molecule has 2 N–H and O–H groups in total. The summed E-state index contributed by atoms with van der Waals surface area (Å²) >= 11 is 0. The van der Waals surface area contributed by atoms with Crippen molar-refractivity contribution in [3.05, 3.63) is 35.9 Å². The topological polar surface area (TPSA) is 58.2 Å². The van der Waals surface area contributed by atoms with Crippen LogP contribution in [0.25, 0.3) is 0 Å². The van der Waals surface area contributed by atoms with Crippen LogP contribution in [-0.2, 0) is 16.0 Å². The molecule has 0 saturated carbocycles. The van der Waals surface area contributed by atoms with Gasteiger partial charge in [0.25, 0.3) is 0 Å². The lowest BCUT2D eigenvalue weighted by Crippen LogP contribution is -2.56. The van der Waals surface area contributed by atoms with Gasteiger partial charge in [-0.3, -0.25) is 9.59 Å². The van der Waals surface area contributed by atoms with E-state index in [2.05, 4.69) is 10.6 Å². The average Bonchev–Trinajstić information content (AvgIpc) is 2.32. The molecule has 1 aromatic rings. The Morgan fingerprint density at radius 1 is 1.19 bits per heavy atom. The molecule has 0 spiro atoms. The second kappa shape index (κ2) is 4.79. The highest BCUT2D eigenvalue weighted by Crippen LogP contribution is 2.06. The first kappa shape index (κ1) is 10.7. The molecule has 84 valence electrons. The van der Waals surface area contributed by atoms with Gasteiger partial charge in [0.2, 0.25) is 11.8 Å². The summed E-state index contributed by atoms with van der Waals surface area (Å²) in [5.41, 5.74) is 1.18. The first-order valence-corrected chi connectivity index (χ1v) is 5.37. The normalized spacial score (nSPS) is 20.1. The van der Waals surface area contributed by atoms with E-state index in [1.165, 1.54) is 5.56 Å². The summed E-state index contributed by atoms with van der Waals surface area (Å²) in [6, 6.07) is 9.54. The van der Waals surface area contributed by atoms with Gasteiger partial charge in [0.05, 0.1) is 6.54 Å². The van der Waals surface area contributed by atoms with Crippen LogP contribution >= 0.6 is 0 Å². The van der Waals surface area contributed by atoms with Gasteiger partial charge >= 0.3 is 0 Å². The predicted octanol–water partition coefficient (Wildman–Crippen LogP) is 0.234. The number of nitrogens with one attached hydrogen (secondary N) is 2. The van der Waals surface area contributed by atoms with Crippen LogP contribution in [-0.4, -0.2) is 24.4 Å². The molecule has 0 aliphatic carbocycles. The number of carbonyl (C=O) groups excluding carboxylic acids is 2. The van der Waals surface area contributed by atoms with E-state index in [-0.39, 0.29) is 24.4 Å². The first-order valence-electron chi connectivity index (χ1n) is 5.37. The van der Waals surface area contributed by atoms with Gasteiger partial charge in [0, 0.05) is 0 Å². The third-order valence-corrected chi connectivity index (χ3v) is 2.64. The molecule has 1 aliphatic heterocycles. The molecule has 0 aromatic heterocycles. The third kappa shape index (κ3) is 2.59. The minimum atomic E-state index is -0.388. The van der Waals surface area contributed by atoms with Gasteiger partial charge in [-0.1, -0.05) is 30.3 Å². The van der Waals surface area contributed by atoms with Gasteiger partial charge in [-0.2, -0.15) is 0 Å². The van der Waals surface area contributed by atoms with E-state index in [1.807, 2.05) is 30.3 Å². The van der Waals surface area contributed by atoms with Gasteiger partial charge in [0.1, 0.15) is 6.04 Å². The fourth-order valence-corrected chi connectivity index (χ4v) is 1.76. The quantitative estimate of drug-likeness (QED) is 0.763. The van der Waals surface area contributed by atoms with E-state index in [4.69, 9.17) is 0 Å². The smallest absolute Gasteiger partial charge is 0.243 e. The maximum absolute atomic E-state index is 11.4. The maximum Gasteiger partial charge on any atom is 0.243 e. The highest BCUT2D eigenvalue weighted by atomic mass is 16.2. The lowest BCUT2D eigenvalue weighted by atomic mass is 10.0. The molecule has 2 amide bonds. The van der Waals surface area contributed by atoms with Crippen LogP contribution in [0.1, 0.15) is 12.0 Å². The third-order valence-electron chi connectivity index (χ3n) is 2.64. The lowest BCUT2D eigenvalue weighted by Gasteiger charge is -2.22. The summed E-state index contributed by atoms with van der Waals surface area (Å²) in [4.78, 5) is 22.5. The Labute approximate surface area is 94.0 Å². The van der Waals surface area contributed by atoms with Crippen molar-refractivity contribution >= 4 is 11.8 Å². The van der Waals surface area contributed by atoms with Crippen molar-refractivity contribution in [2.75, 3.05) is 6.54 Å². The molecule has 4 heteroatoms. The molecule has 1 aliphatic rings. The fourth-order valence-electron chi connectivity index (χ4n) is 1.76. The number of benzene rings is 1. The highest BCUT2D eigenvalue weighted by Gasteiger charge is 2.25. The number of hydrogen-bond donors (Lipinski definition) is 2. The number of rotatable bonds is 3. The Balaban J connectivity index is 1.90. The zero-order chi connectivity index (χ0) is 11.4. The SMILES string of the molecule is O=C1CNC(=O)C(CCc2ccccc2)N1. The molecule has 1 aromatic carbocycles. The molecule has 1 heterocycles. The number of piperazine rings is 1. The summed E-state index contributed by atoms with van der Waals surface area (Å²) < 4.78 is 0. The monoisotopic (exact) mass is 218 g/mol. The summed E-state index contributed by atoms with van der Waals surface area (Å²) in [6.07, 6.45) is 1.43. The molecular formula is C12H14N2O2. The Kier molecular flexibility index (Phi) is 3.19. The fraction of sp³-hybridized carbons (Fsp3) is 0.333. The van der Waals surface area contributed by atoms with Crippen molar-refractivity contribution < 1.29 is 9.59 Å². The van der Waals surface area contributed by atoms with E-state index in [1.54, 1.807) is 0 Å². The van der Waals surface area contributed by atoms with Crippen LogP contribution in [0.3, 0.4) is 0 Å². The van der Waals surface area contributed by atoms with Gasteiger partial charge in [-0.05, 0) is 18.4 Å². The van der Waals surface area contributed by atoms with Crippen LogP contribution in [0.15, 0.2) is 30.3 Å². The zero-order valence-corrected chi connectivity index (χ0v) is 8.90. The van der Waals surface area contributed by atoms with E-state index in [9.17, 15) is 9.59 Å². The van der Waals surface area contributed by atoms with Crippen molar-refractivity contribution in [3.63, 3.8) is 0 Å². The second-order valence-electron chi connectivity index (χ2n) is 3.86. The number of amides is 2. The van der Waals surface area contributed by atoms with Crippen molar-refractivity contribution in [1.82, 2.24) is 10.6 Å². The van der Waals surface area contributed by atoms with Crippen LogP contribution in [0.5, 0.6) is 0 Å². The molecule has 1 unspecified atom stereocenters. The van der Waals surface area contributed by atoms with Crippen LogP contribution < -0.4 is 10.6 Å². The summed E-state index contributed by atoms with van der Waals surface area (Å²) in [7, 11) is 0. The zero-order valence-electron chi connectivity index (χ0n) is 8.90. The molecule has 1 saturated heterocycles. The standard InChI is InChI=1S/C12H14N2O2/c15-11-8-13-12(16)10(14-11)7-6-9-4-2-1-3-5-9/h1-5,10H,6-8H2,(H,13,16)(H,14,15). The number of carbonyl (C=O) groups is 2. The van der Waals surface area contributed by atoms with Crippen LogP contribution in [0.2, 0.25) is 0 Å². The minimum absolute atomic E-state index is 0.0875. The van der Waals surface area contributed by atoms with Crippen LogP contribution in [0, 0.1) is 0 Å². The summed E-state index contributed by atoms with van der Waals surface area (Å²) in [5, 5.41) is 5.25. The van der Waals surface area contributed by atoms with Crippen molar-refractivity contribution in [3.8, 4) is 0 Å². The predicted molar refractivity (Wildman–Crippen MR) is 59.7 cm³/mol. The van der Waals surface area contributed by atoms with Gasteiger partial charge < -0.3 is 10.6 Å². The van der Waals surface area contributed by atoms with Gasteiger partial charge in [-0.15, -0.1) is 0 Å². The molecule has 1 atom stereocenters. The van der Waals surface area contributed by atoms with Crippen molar-refractivity contribution in [1.29, 1.82) is 0 Å². The lowest BCUT2D eigenvalue weighted by molar-refractivity contribution is -0.133. The Bertz CT molecular complexity index is 389. The largest absolute Gasteiger partial charge is 0.345 e. The maximum atomic E-state index is 11.4. The highest BCUT2D eigenvalue weighted by molar-refractivity contribution is 5.94. The number of aryl methyl sites for hydroxylation is 1. The van der Waals surface area contributed by atoms with E-state index in [0.717, 1.165) is 6.42 Å². The molecule has 0 bridgehead atoms. The molecular weight excluding hydrogens is 204 g/mol. The van der Waals surface area contributed by atoms with E-state index < -0.39 is 0 Å². The van der Waals surface area contributed by atoms with E-state index in [0.29, 0.717) is 6.42 Å². The average molecular weight is 218 g/mol. The Hall–Kier alpha value is -1.84. The Morgan fingerprint density at radius 2 is 1.94 bits per heavy atom. The molecule has 2 rings (SSSR count).